The van der Waals surface area contributed by atoms with Crippen LogP contribution in [0.1, 0.15) is 11.1 Å². The first-order valence-electron chi connectivity index (χ1n) is 3.27. The van der Waals surface area contributed by atoms with E-state index < -0.39 is 5.95 Å². The maximum Gasteiger partial charge on any atom is 0.216 e. The van der Waals surface area contributed by atoms with Crippen LogP contribution in [-0.2, 0) is 0 Å². The number of nitrogens with zero attached hydrogens (tertiary/aromatic N) is 2. The zero-order valence-electron chi connectivity index (χ0n) is 6.43. The standard InChI is InChI=1S/C9H5FN2/c1-7-8(3-2-5-11)4-6-12-9(7)10/h4,6H,1H3. The number of hydrogen-bond donors (Lipinski definition) is 0. The van der Waals surface area contributed by atoms with Gasteiger partial charge in [-0.25, -0.2) is 4.98 Å². The highest BCUT2D eigenvalue weighted by Gasteiger charge is 2.00. The summed E-state index contributed by atoms with van der Waals surface area (Å²) in [4.78, 5) is 3.43. The second-order valence-electron chi connectivity index (χ2n) is 2.14. The number of pyridine rings is 1. The van der Waals surface area contributed by atoms with E-state index in [1.54, 1.807) is 19.1 Å². The zero-order valence-corrected chi connectivity index (χ0v) is 6.43. The molecule has 0 aliphatic carbocycles. The van der Waals surface area contributed by atoms with Gasteiger partial charge in [0.2, 0.25) is 5.95 Å². The van der Waals surface area contributed by atoms with Crippen LogP contribution in [0.5, 0.6) is 0 Å². The van der Waals surface area contributed by atoms with E-state index in [0.717, 1.165) is 0 Å². The highest BCUT2D eigenvalue weighted by atomic mass is 19.1. The third-order valence-corrected chi connectivity index (χ3v) is 1.40. The Kier molecular flexibility index (Phi) is 2.40. The third kappa shape index (κ3) is 1.59. The van der Waals surface area contributed by atoms with E-state index in [2.05, 4.69) is 16.8 Å². The van der Waals surface area contributed by atoms with Gasteiger partial charge in [-0.3, -0.25) is 0 Å². The van der Waals surface area contributed by atoms with Crippen molar-refractivity contribution in [2.45, 2.75) is 6.92 Å². The van der Waals surface area contributed by atoms with Crippen LogP contribution in [0.15, 0.2) is 12.3 Å². The molecule has 0 radical (unpaired) electrons. The average molecular weight is 160 g/mol. The number of nitriles is 1. The molecule has 1 heterocycles. The summed E-state index contributed by atoms with van der Waals surface area (Å²) in [6.07, 6.45) is 1.32. The Morgan fingerprint density at radius 1 is 1.58 bits per heavy atom. The molecule has 0 bridgehead atoms. The molecular weight excluding hydrogens is 155 g/mol. The molecule has 0 saturated carbocycles. The van der Waals surface area contributed by atoms with Crippen molar-refractivity contribution in [3.8, 4) is 17.9 Å². The van der Waals surface area contributed by atoms with Crippen LogP contribution in [-0.4, -0.2) is 4.98 Å². The van der Waals surface area contributed by atoms with Gasteiger partial charge in [0.05, 0.1) is 0 Å². The van der Waals surface area contributed by atoms with Crippen molar-refractivity contribution < 1.29 is 4.39 Å². The second kappa shape index (κ2) is 3.50. The molecule has 0 aliphatic rings. The van der Waals surface area contributed by atoms with Gasteiger partial charge in [-0.05, 0) is 13.0 Å². The summed E-state index contributed by atoms with van der Waals surface area (Å²) >= 11 is 0. The fraction of sp³-hybridized carbons (Fsp3) is 0.111. The van der Waals surface area contributed by atoms with E-state index >= 15 is 0 Å². The van der Waals surface area contributed by atoms with Crippen LogP contribution in [0.25, 0.3) is 0 Å². The lowest BCUT2D eigenvalue weighted by Gasteiger charge is -1.95. The highest BCUT2D eigenvalue weighted by Crippen LogP contribution is 2.07. The first-order valence-corrected chi connectivity index (χ1v) is 3.27. The molecule has 0 unspecified atom stereocenters. The van der Waals surface area contributed by atoms with E-state index in [1.807, 2.05) is 0 Å². The molecule has 12 heavy (non-hydrogen) atoms. The van der Waals surface area contributed by atoms with Crippen molar-refractivity contribution in [3.05, 3.63) is 29.3 Å². The van der Waals surface area contributed by atoms with Crippen molar-refractivity contribution in [2.24, 2.45) is 0 Å². The lowest BCUT2D eigenvalue weighted by molar-refractivity contribution is 0.574. The molecule has 0 amide bonds. The molecule has 0 aromatic carbocycles. The molecule has 1 aromatic rings. The van der Waals surface area contributed by atoms with Crippen LogP contribution < -0.4 is 0 Å². The molecule has 1 aromatic heterocycles. The smallest absolute Gasteiger partial charge is 0.216 e. The molecule has 2 nitrogen and oxygen atoms in total. The summed E-state index contributed by atoms with van der Waals surface area (Å²) in [5.74, 6) is 4.16. The van der Waals surface area contributed by atoms with Crippen molar-refractivity contribution in [1.29, 1.82) is 5.26 Å². The molecule has 0 fully saturated rings. The molecule has 58 valence electrons. The van der Waals surface area contributed by atoms with Gasteiger partial charge < -0.3 is 0 Å². The summed E-state index contributed by atoms with van der Waals surface area (Å²) in [6.45, 7) is 1.57. The Balaban J connectivity index is 3.19. The summed E-state index contributed by atoms with van der Waals surface area (Å²) in [5.41, 5.74) is 0.879. The molecule has 0 saturated heterocycles. The molecule has 0 N–H and O–H groups in total. The molecular formula is C9H5FN2. The van der Waals surface area contributed by atoms with Gasteiger partial charge in [-0.2, -0.15) is 9.65 Å². The molecule has 3 heteroatoms. The first kappa shape index (κ1) is 8.23. The fourth-order valence-electron chi connectivity index (χ4n) is 0.741. The number of aromatic nitrogens is 1. The summed E-state index contributed by atoms with van der Waals surface area (Å²) in [5, 5.41) is 8.15. The summed E-state index contributed by atoms with van der Waals surface area (Å²) < 4.78 is 12.7. The van der Waals surface area contributed by atoms with E-state index in [9.17, 15) is 4.39 Å². The van der Waals surface area contributed by atoms with Crippen LogP contribution in [0, 0.1) is 36.0 Å². The third-order valence-electron chi connectivity index (χ3n) is 1.40. The molecule has 0 atom stereocenters. The van der Waals surface area contributed by atoms with E-state index in [1.165, 1.54) is 6.20 Å². The topological polar surface area (TPSA) is 36.7 Å². The largest absolute Gasteiger partial charge is 0.228 e. The van der Waals surface area contributed by atoms with Crippen molar-refractivity contribution in [3.63, 3.8) is 0 Å². The SMILES string of the molecule is Cc1c(C#CC#N)ccnc1F. The normalized spacial score (nSPS) is 8.08. The van der Waals surface area contributed by atoms with Gasteiger partial charge in [0.15, 0.2) is 6.07 Å². The lowest BCUT2D eigenvalue weighted by Crippen LogP contribution is -1.90. The molecule has 1 rings (SSSR count). The van der Waals surface area contributed by atoms with Crippen molar-refractivity contribution >= 4 is 0 Å². The minimum absolute atomic E-state index is 0.375. The Morgan fingerprint density at radius 2 is 2.33 bits per heavy atom. The van der Waals surface area contributed by atoms with Crippen LogP contribution in [0.4, 0.5) is 4.39 Å². The number of hydrogen-bond acceptors (Lipinski definition) is 2. The van der Waals surface area contributed by atoms with Gasteiger partial charge >= 0.3 is 0 Å². The minimum Gasteiger partial charge on any atom is -0.228 e. The second-order valence-corrected chi connectivity index (χ2v) is 2.14. The fourth-order valence-corrected chi connectivity index (χ4v) is 0.741. The maximum absolute atomic E-state index is 12.7. The van der Waals surface area contributed by atoms with Crippen molar-refractivity contribution in [2.75, 3.05) is 0 Å². The van der Waals surface area contributed by atoms with Crippen LogP contribution >= 0.6 is 0 Å². The quantitative estimate of drug-likeness (QED) is 0.425. The summed E-state index contributed by atoms with van der Waals surface area (Å²) in [6, 6.07) is 3.23. The predicted octanol–water partition coefficient (Wildman–Crippen LogP) is 1.40. The van der Waals surface area contributed by atoms with Gasteiger partial charge in [-0.15, -0.1) is 0 Å². The van der Waals surface area contributed by atoms with Gasteiger partial charge in [0.25, 0.3) is 0 Å². The van der Waals surface area contributed by atoms with Crippen LogP contribution in [0.3, 0.4) is 0 Å². The monoisotopic (exact) mass is 160 g/mol. The van der Waals surface area contributed by atoms with Gasteiger partial charge in [0, 0.05) is 23.2 Å². The average Bonchev–Trinajstić information content (AvgIpc) is 2.08. The predicted molar refractivity (Wildman–Crippen MR) is 41.4 cm³/mol. The Hall–Kier alpha value is -1.87. The minimum atomic E-state index is -0.542. The Bertz CT molecular complexity index is 393. The van der Waals surface area contributed by atoms with Gasteiger partial charge in [0.1, 0.15) is 0 Å². The zero-order chi connectivity index (χ0) is 8.97. The van der Waals surface area contributed by atoms with Crippen LogP contribution in [0.2, 0.25) is 0 Å². The highest BCUT2D eigenvalue weighted by molar-refractivity contribution is 5.41. The van der Waals surface area contributed by atoms with E-state index in [-0.39, 0.29) is 0 Å². The lowest BCUT2D eigenvalue weighted by atomic mass is 10.1. The summed E-state index contributed by atoms with van der Waals surface area (Å²) in [7, 11) is 0. The van der Waals surface area contributed by atoms with Crippen molar-refractivity contribution in [1.82, 2.24) is 4.98 Å². The first-order chi connectivity index (χ1) is 5.75. The maximum atomic E-state index is 12.7. The molecule has 0 spiro atoms. The Labute approximate surface area is 69.7 Å². The Morgan fingerprint density at radius 3 is 3.00 bits per heavy atom. The molecule has 0 aliphatic heterocycles. The van der Waals surface area contributed by atoms with Gasteiger partial charge in [-0.1, -0.05) is 5.92 Å². The number of halogens is 1. The number of rotatable bonds is 0. The van der Waals surface area contributed by atoms with E-state index in [0.29, 0.717) is 11.1 Å². The van der Waals surface area contributed by atoms with E-state index in [4.69, 9.17) is 5.26 Å².